The minimum Gasteiger partial charge on any atom is -0.264 e. The third kappa shape index (κ3) is 4.45. The quantitative estimate of drug-likeness (QED) is 0.593. The van der Waals surface area contributed by atoms with Crippen LogP contribution in [0.3, 0.4) is 0 Å². The predicted octanol–water partition coefficient (Wildman–Crippen LogP) is 3.82. The fraction of sp³-hybridized carbons (Fsp3) is 0.0667. The van der Waals surface area contributed by atoms with Crippen molar-refractivity contribution in [2.75, 3.05) is 0 Å². The van der Waals surface area contributed by atoms with Gasteiger partial charge in [-0.15, -0.1) is 0 Å². The molecule has 23 heavy (non-hydrogen) atoms. The molecule has 0 N–H and O–H groups in total. The molecule has 0 atom stereocenters. The van der Waals surface area contributed by atoms with Gasteiger partial charge in [0.15, 0.2) is 5.71 Å². The van der Waals surface area contributed by atoms with Crippen molar-refractivity contribution >= 4 is 39.0 Å². The molecule has 0 spiro atoms. The summed E-state index contributed by atoms with van der Waals surface area (Å²) in [5.41, 5.74) is 0.302. The highest BCUT2D eigenvalue weighted by atomic mass is 35.5. The maximum absolute atomic E-state index is 11.9. The molecule has 0 aliphatic rings. The molecule has 0 bridgehead atoms. The Kier molecular flexibility index (Phi) is 5.61. The number of benzene rings is 2. The van der Waals surface area contributed by atoms with Crippen molar-refractivity contribution < 1.29 is 12.7 Å². The molecule has 0 radical (unpaired) electrons. The molecule has 2 rings (SSSR count). The lowest BCUT2D eigenvalue weighted by atomic mass is 10.1. The smallest absolute Gasteiger partial charge is 0.264 e. The zero-order valence-electron chi connectivity index (χ0n) is 11.6. The maximum Gasteiger partial charge on any atom is 0.358 e. The summed E-state index contributed by atoms with van der Waals surface area (Å²) >= 11 is 12.0. The van der Waals surface area contributed by atoms with E-state index in [0.717, 1.165) is 0 Å². The van der Waals surface area contributed by atoms with Crippen molar-refractivity contribution in [2.45, 2.75) is 11.3 Å². The number of hydrogen-bond acceptors (Lipinski definition) is 5. The molecule has 2 aromatic rings. The average Bonchev–Trinajstić information content (AvgIpc) is 2.55. The van der Waals surface area contributed by atoms with Crippen LogP contribution in [0.15, 0.2) is 58.6 Å². The molecule has 0 aliphatic heterocycles. The second-order valence-corrected chi connectivity index (χ2v) is 6.71. The minimum absolute atomic E-state index is 0.0423. The Labute approximate surface area is 143 Å². The van der Waals surface area contributed by atoms with Crippen LogP contribution in [0.2, 0.25) is 10.0 Å². The second kappa shape index (κ2) is 7.47. The van der Waals surface area contributed by atoms with Gasteiger partial charge in [0, 0.05) is 16.5 Å². The van der Waals surface area contributed by atoms with E-state index in [-0.39, 0.29) is 17.0 Å². The molecule has 5 nitrogen and oxygen atoms in total. The molecular formula is C15H10Cl2N2O3S. The molecule has 0 aromatic heterocycles. The van der Waals surface area contributed by atoms with E-state index in [1.54, 1.807) is 42.5 Å². The van der Waals surface area contributed by atoms with Gasteiger partial charge in [0.1, 0.15) is 11.0 Å². The Balaban J connectivity index is 2.22. The van der Waals surface area contributed by atoms with Crippen LogP contribution >= 0.6 is 23.2 Å². The van der Waals surface area contributed by atoms with Gasteiger partial charge in [-0.25, -0.2) is 0 Å². The van der Waals surface area contributed by atoms with Gasteiger partial charge in [-0.3, -0.25) is 4.28 Å². The van der Waals surface area contributed by atoms with Gasteiger partial charge in [-0.2, -0.15) is 13.7 Å². The van der Waals surface area contributed by atoms with Crippen LogP contribution in [-0.2, 0) is 20.8 Å². The number of rotatable bonds is 5. The lowest BCUT2D eigenvalue weighted by Gasteiger charge is -2.05. The summed E-state index contributed by atoms with van der Waals surface area (Å²) < 4.78 is 28.5. The van der Waals surface area contributed by atoms with Gasteiger partial charge in [0.05, 0.1) is 0 Å². The zero-order chi connectivity index (χ0) is 16.9. The Hall–Kier alpha value is -2.07. The van der Waals surface area contributed by atoms with Crippen LogP contribution in [0, 0.1) is 11.3 Å². The van der Waals surface area contributed by atoms with E-state index < -0.39 is 10.1 Å². The fourth-order valence-electron chi connectivity index (χ4n) is 1.69. The van der Waals surface area contributed by atoms with Crippen LogP contribution in [-0.4, -0.2) is 14.1 Å². The van der Waals surface area contributed by atoms with Crippen molar-refractivity contribution in [3.05, 3.63) is 64.1 Å². The first-order valence-electron chi connectivity index (χ1n) is 6.32. The molecule has 0 aliphatic carbocycles. The van der Waals surface area contributed by atoms with Gasteiger partial charge in [0.25, 0.3) is 0 Å². The van der Waals surface area contributed by atoms with E-state index in [1.807, 2.05) is 0 Å². The Morgan fingerprint density at radius 3 is 2.26 bits per heavy atom. The molecule has 8 heteroatoms. The highest BCUT2D eigenvalue weighted by molar-refractivity contribution is 7.86. The summed E-state index contributed by atoms with van der Waals surface area (Å²) in [6.07, 6.45) is -0.0423. The van der Waals surface area contributed by atoms with E-state index in [9.17, 15) is 8.42 Å². The molecule has 118 valence electrons. The number of nitrogens with zero attached hydrogens (tertiary/aromatic N) is 2. The van der Waals surface area contributed by atoms with Crippen LogP contribution in [0.4, 0.5) is 0 Å². The third-order valence-corrected chi connectivity index (χ3v) is 4.64. The topological polar surface area (TPSA) is 79.5 Å². The molecular weight excluding hydrogens is 359 g/mol. The van der Waals surface area contributed by atoms with Crippen LogP contribution in [0.5, 0.6) is 0 Å². The summed E-state index contributed by atoms with van der Waals surface area (Å²) in [4.78, 5) is -0.0585. The summed E-state index contributed by atoms with van der Waals surface area (Å²) in [7, 11) is -4.08. The van der Waals surface area contributed by atoms with Gasteiger partial charge in [0.2, 0.25) is 0 Å². The molecule has 2 aromatic carbocycles. The molecule has 0 saturated carbocycles. The summed E-state index contributed by atoms with van der Waals surface area (Å²) in [6.45, 7) is 0. The number of halogens is 2. The van der Waals surface area contributed by atoms with Crippen molar-refractivity contribution in [1.29, 1.82) is 5.26 Å². The fourth-order valence-corrected chi connectivity index (χ4v) is 2.98. The molecule has 0 fully saturated rings. The normalized spacial score (nSPS) is 11.8. The van der Waals surface area contributed by atoms with Crippen LogP contribution in [0.25, 0.3) is 0 Å². The number of nitriles is 1. The molecule has 0 heterocycles. The standard InChI is InChI=1S/C15H10Cl2N2O3S/c16-14-7-4-8-15(17)13(14)9-11(10-18)19-22-23(20,21)12-5-2-1-3-6-12/h1-8H,9H2. The monoisotopic (exact) mass is 368 g/mol. The van der Waals surface area contributed by atoms with Crippen molar-refractivity contribution in [3.63, 3.8) is 0 Å². The lowest BCUT2D eigenvalue weighted by molar-refractivity contribution is 0.338. The van der Waals surface area contributed by atoms with Crippen molar-refractivity contribution in [2.24, 2.45) is 5.16 Å². The van der Waals surface area contributed by atoms with E-state index in [1.165, 1.54) is 12.1 Å². The van der Waals surface area contributed by atoms with Crippen molar-refractivity contribution in [1.82, 2.24) is 0 Å². The second-order valence-electron chi connectivity index (χ2n) is 4.37. The van der Waals surface area contributed by atoms with E-state index in [0.29, 0.717) is 15.6 Å². The van der Waals surface area contributed by atoms with Gasteiger partial charge in [-0.1, -0.05) is 52.6 Å². The highest BCUT2D eigenvalue weighted by Crippen LogP contribution is 2.25. The molecule has 0 unspecified atom stereocenters. The highest BCUT2D eigenvalue weighted by Gasteiger charge is 2.16. The van der Waals surface area contributed by atoms with Crippen LogP contribution < -0.4 is 0 Å². The molecule has 0 amide bonds. The Morgan fingerprint density at radius 2 is 1.70 bits per heavy atom. The first kappa shape index (κ1) is 17.3. The Bertz CT molecular complexity index is 855. The number of oxime groups is 1. The first-order valence-corrected chi connectivity index (χ1v) is 8.49. The Morgan fingerprint density at radius 1 is 1.09 bits per heavy atom. The zero-order valence-corrected chi connectivity index (χ0v) is 13.9. The predicted molar refractivity (Wildman–Crippen MR) is 87.9 cm³/mol. The van der Waals surface area contributed by atoms with E-state index >= 15 is 0 Å². The summed E-state index contributed by atoms with van der Waals surface area (Å²) in [5.74, 6) is 0. The van der Waals surface area contributed by atoms with E-state index in [4.69, 9.17) is 28.5 Å². The summed E-state index contributed by atoms with van der Waals surface area (Å²) in [5, 5.41) is 13.2. The minimum atomic E-state index is -4.08. The van der Waals surface area contributed by atoms with Crippen LogP contribution in [0.1, 0.15) is 5.56 Å². The SMILES string of the molecule is N#CC(Cc1c(Cl)cccc1Cl)=NOS(=O)(=O)c1ccccc1. The van der Waals surface area contributed by atoms with Gasteiger partial charge >= 0.3 is 10.1 Å². The number of hydrogen-bond donors (Lipinski definition) is 0. The third-order valence-electron chi connectivity index (χ3n) is 2.81. The van der Waals surface area contributed by atoms with Gasteiger partial charge in [-0.05, 0) is 29.8 Å². The van der Waals surface area contributed by atoms with Crippen molar-refractivity contribution in [3.8, 4) is 6.07 Å². The summed E-state index contributed by atoms with van der Waals surface area (Å²) in [6, 6.07) is 14.1. The maximum atomic E-state index is 11.9. The van der Waals surface area contributed by atoms with E-state index in [2.05, 4.69) is 9.44 Å². The average molecular weight is 369 g/mol. The lowest BCUT2D eigenvalue weighted by Crippen LogP contribution is -2.07. The molecule has 0 saturated heterocycles. The first-order chi connectivity index (χ1) is 10.9. The van der Waals surface area contributed by atoms with Gasteiger partial charge < -0.3 is 0 Å². The largest absolute Gasteiger partial charge is 0.358 e.